The minimum Gasteiger partial charge on any atom is -0.310 e. The first-order chi connectivity index (χ1) is 9.69. The number of hydrogen-bond acceptors (Lipinski definition) is 3. The van der Waals surface area contributed by atoms with Gasteiger partial charge in [-0.15, -0.1) is 0 Å². The van der Waals surface area contributed by atoms with Gasteiger partial charge in [0.2, 0.25) is 10.0 Å². The van der Waals surface area contributed by atoms with Crippen molar-refractivity contribution in [2.75, 3.05) is 13.1 Å². The molecule has 0 bridgehead atoms. The lowest BCUT2D eigenvalue weighted by Gasteiger charge is -2.17. The molecule has 8 heteroatoms. The Balaban J connectivity index is 2.98. The molecule has 0 amide bonds. The van der Waals surface area contributed by atoms with Crippen LogP contribution in [0.15, 0.2) is 29.2 Å². The Bertz CT molecular complexity index is 559. The van der Waals surface area contributed by atoms with Crippen LogP contribution in [0.4, 0.5) is 13.2 Å². The average molecular weight is 324 g/mol. The van der Waals surface area contributed by atoms with Gasteiger partial charge in [0.1, 0.15) is 6.54 Å². The second-order valence-corrected chi connectivity index (χ2v) is 6.30. The number of benzene rings is 1. The molecule has 0 saturated carbocycles. The first kappa shape index (κ1) is 17.9. The van der Waals surface area contributed by atoms with Crippen molar-refractivity contribution in [2.45, 2.75) is 37.4 Å². The zero-order chi connectivity index (χ0) is 16.1. The van der Waals surface area contributed by atoms with E-state index in [1.807, 2.05) is 13.8 Å². The molecule has 120 valence electrons. The Labute approximate surface area is 122 Å². The van der Waals surface area contributed by atoms with Gasteiger partial charge in [-0.1, -0.05) is 26.0 Å². The van der Waals surface area contributed by atoms with Crippen molar-refractivity contribution in [1.29, 1.82) is 0 Å². The minimum atomic E-state index is -4.58. The summed E-state index contributed by atoms with van der Waals surface area (Å²) in [5.41, 5.74) is 0.731. The van der Waals surface area contributed by atoms with E-state index < -0.39 is 22.7 Å². The summed E-state index contributed by atoms with van der Waals surface area (Å²) in [5, 5.41) is 3.19. The average Bonchev–Trinajstić information content (AvgIpc) is 2.42. The van der Waals surface area contributed by atoms with E-state index in [1.165, 1.54) is 18.2 Å². The lowest BCUT2D eigenvalue weighted by molar-refractivity contribution is -0.121. The third-order valence-electron chi connectivity index (χ3n) is 2.89. The third kappa shape index (κ3) is 5.64. The molecule has 0 aromatic heterocycles. The highest BCUT2D eigenvalue weighted by Gasteiger charge is 2.30. The van der Waals surface area contributed by atoms with Crippen LogP contribution in [0.3, 0.4) is 0 Å². The zero-order valence-electron chi connectivity index (χ0n) is 11.9. The Morgan fingerprint density at radius 2 is 1.90 bits per heavy atom. The molecule has 0 saturated heterocycles. The standard InChI is InChI=1S/C13H19F3N2O2S/c1-3-12(17-4-2)10-6-5-7-11(8-10)21(19,20)18-9-13(14,15)16/h5-8,12,17-18H,3-4,9H2,1-2H3. The molecule has 0 aliphatic rings. The van der Waals surface area contributed by atoms with E-state index in [0.29, 0.717) is 6.54 Å². The van der Waals surface area contributed by atoms with E-state index in [2.05, 4.69) is 5.32 Å². The maximum atomic E-state index is 12.1. The van der Waals surface area contributed by atoms with Crippen LogP contribution in [0.5, 0.6) is 0 Å². The van der Waals surface area contributed by atoms with Gasteiger partial charge in [0.15, 0.2) is 0 Å². The van der Waals surface area contributed by atoms with Crippen LogP contribution in [0.1, 0.15) is 31.9 Å². The summed E-state index contributed by atoms with van der Waals surface area (Å²) in [4.78, 5) is -0.166. The molecule has 0 fully saturated rings. The van der Waals surface area contributed by atoms with Crippen LogP contribution in [-0.2, 0) is 10.0 Å². The van der Waals surface area contributed by atoms with E-state index in [4.69, 9.17) is 0 Å². The Morgan fingerprint density at radius 3 is 2.43 bits per heavy atom. The summed E-state index contributed by atoms with van der Waals surface area (Å²) in [6, 6.07) is 5.92. The number of alkyl halides is 3. The molecule has 1 aromatic rings. The summed E-state index contributed by atoms with van der Waals surface area (Å²) in [6.45, 7) is 3.00. The molecule has 4 nitrogen and oxygen atoms in total. The van der Waals surface area contributed by atoms with Gasteiger partial charge in [-0.3, -0.25) is 0 Å². The molecule has 1 unspecified atom stereocenters. The van der Waals surface area contributed by atoms with Gasteiger partial charge in [0, 0.05) is 6.04 Å². The van der Waals surface area contributed by atoms with E-state index in [-0.39, 0.29) is 10.9 Å². The highest BCUT2D eigenvalue weighted by atomic mass is 32.2. The molecular formula is C13H19F3N2O2S. The number of rotatable bonds is 7. The maximum Gasteiger partial charge on any atom is 0.402 e. The summed E-state index contributed by atoms with van der Waals surface area (Å²) in [5.74, 6) is 0. The number of sulfonamides is 1. The van der Waals surface area contributed by atoms with Crippen molar-refractivity contribution in [1.82, 2.24) is 10.0 Å². The van der Waals surface area contributed by atoms with Crippen LogP contribution in [0.2, 0.25) is 0 Å². The van der Waals surface area contributed by atoms with Crippen molar-refractivity contribution >= 4 is 10.0 Å². The van der Waals surface area contributed by atoms with Crippen LogP contribution >= 0.6 is 0 Å². The van der Waals surface area contributed by atoms with E-state index in [0.717, 1.165) is 12.0 Å². The van der Waals surface area contributed by atoms with Gasteiger partial charge < -0.3 is 5.32 Å². The van der Waals surface area contributed by atoms with Crippen LogP contribution in [0, 0.1) is 0 Å². The first-order valence-electron chi connectivity index (χ1n) is 6.59. The zero-order valence-corrected chi connectivity index (χ0v) is 12.7. The van der Waals surface area contributed by atoms with E-state index in [1.54, 1.807) is 10.8 Å². The minimum absolute atomic E-state index is 0.0345. The van der Waals surface area contributed by atoms with Crippen LogP contribution in [0.25, 0.3) is 0 Å². The summed E-state index contributed by atoms with van der Waals surface area (Å²) in [7, 11) is -4.17. The van der Waals surface area contributed by atoms with Crippen LogP contribution in [-0.4, -0.2) is 27.7 Å². The molecule has 0 heterocycles. The largest absolute Gasteiger partial charge is 0.402 e. The molecule has 21 heavy (non-hydrogen) atoms. The molecule has 0 aliphatic carbocycles. The van der Waals surface area contributed by atoms with Gasteiger partial charge in [-0.05, 0) is 30.7 Å². The number of halogens is 3. The normalized spacial score (nSPS) is 14.1. The fourth-order valence-corrected chi connectivity index (χ4v) is 2.97. The highest BCUT2D eigenvalue weighted by molar-refractivity contribution is 7.89. The van der Waals surface area contributed by atoms with E-state index >= 15 is 0 Å². The number of nitrogens with one attached hydrogen (secondary N) is 2. The summed E-state index contributed by atoms with van der Waals surface area (Å²) >= 11 is 0. The van der Waals surface area contributed by atoms with Crippen molar-refractivity contribution in [3.05, 3.63) is 29.8 Å². The molecule has 0 spiro atoms. The molecule has 1 atom stereocenters. The molecule has 2 N–H and O–H groups in total. The topological polar surface area (TPSA) is 58.2 Å². The Morgan fingerprint density at radius 1 is 1.24 bits per heavy atom. The van der Waals surface area contributed by atoms with Gasteiger partial charge in [-0.25, -0.2) is 13.1 Å². The van der Waals surface area contributed by atoms with Crippen molar-refractivity contribution < 1.29 is 21.6 Å². The smallest absolute Gasteiger partial charge is 0.310 e. The second kappa shape index (κ2) is 7.24. The first-order valence-corrected chi connectivity index (χ1v) is 8.07. The van der Waals surface area contributed by atoms with Gasteiger partial charge >= 0.3 is 6.18 Å². The quantitative estimate of drug-likeness (QED) is 0.810. The van der Waals surface area contributed by atoms with Crippen LogP contribution < -0.4 is 10.0 Å². The third-order valence-corrected chi connectivity index (χ3v) is 4.29. The summed E-state index contributed by atoms with van der Waals surface area (Å²) < 4.78 is 61.7. The molecule has 0 aliphatic heterocycles. The predicted molar refractivity (Wildman–Crippen MR) is 74.4 cm³/mol. The fourth-order valence-electron chi connectivity index (χ4n) is 1.90. The van der Waals surface area contributed by atoms with Crippen molar-refractivity contribution in [2.24, 2.45) is 0 Å². The Kier molecular flexibility index (Phi) is 6.18. The van der Waals surface area contributed by atoms with E-state index in [9.17, 15) is 21.6 Å². The monoisotopic (exact) mass is 324 g/mol. The Hall–Kier alpha value is -1.12. The fraction of sp³-hybridized carbons (Fsp3) is 0.538. The van der Waals surface area contributed by atoms with Crippen molar-refractivity contribution in [3.8, 4) is 0 Å². The van der Waals surface area contributed by atoms with Gasteiger partial charge in [0.05, 0.1) is 4.90 Å². The predicted octanol–water partition coefficient (Wildman–Crippen LogP) is 2.59. The second-order valence-electron chi connectivity index (χ2n) is 4.53. The number of hydrogen-bond donors (Lipinski definition) is 2. The van der Waals surface area contributed by atoms with Crippen molar-refractivity contribution in [3.63, 3.8) is 0 Å². The summed E-state index contributed by atoms with van der Waals surface area (Å²) in [6.07, 6.45) is -3.84. The molecule has 1 aromatic carbocycles. The molecular weight excluding hydrogens is 305 g/mol. The molecule has 1 rings (SSSR count). The lowest BCUT2D eigenvalue weighted by Crippen LogP contribution is -2.33. The lowest BCUT2D eigenvalue weighted by atomic mass is 10.0. The molecule has 0 radical (unpaired) electrons. The van der Waals surface area contributed by atoms with Gasteiger partial charge in [0.25, 0.3) is 0 Å². The van der Waals surface area contributed by atoms with Gasteiger partial charge in [-0.2, -0.15) is 13.2 Å². The SMILES string of the molecule is CCNC(CC)c1cccc(S(=O)(=O)NCC(F)(F)F)c1. The highest BCUT2D eigenvalue weighted by Crippen LogP contribution is 2.21. The maximum absolute atomic E-state index is 12.1.